The van der Waals surface area contributed by atoms with Crippen molar-refractivity contribution in [3.8, 4) is 0 Å². The summed E-state index contributed by atoms with van der Waals surface area (Å²) in [6.45, 7) is 3.20. The topological polar surface area (TPSA) is 29.5 Å². The first kappa shape index (κ1) is 13.2. The number of methoxy groups -OCH3 is 1. The average molecular weight is 324 g/mol. The Morgan fingerprint density at radius 2 is 2.21 bits per heavy atom. The van der Waals surface area contributed by atoms with Crippen molar-refractivity contribution in [1.82, 2.24) is 4.90 Å². The second-order valence-corrected chi connectivity index (χ2v) is 8.55. The predicted molar refractivity (Wildman–Crippen MR) is 75.7 cm³/mol. The maximum atomic E-state index is 12.4. The summed E-state index contributed by atoms with van der Waals surface area (Å²) in [5.41, 5.74) is 0. The van der Waals surface area contributed by atoms with Gasteiger partial charge >= 0.3 is 120 Å². The van der Waals surface area contributed by atoms with Gasteiger partial charge in [-0.05, 0) is 0 Å². The number of carbonyl (C=O) groups is 1. The molecule has 2 saturated heterocycles. The number of ether oxygens (including phenoxy) is 1. The Bertz CT molecular complexity index is 450. The third-order valence-corrected chi connectivity index (χ3v) is 6.94. The molecule has 0 spiro atoms. The molecular weight excluding hydrogens is 305 g/mol. The monoisotopic (exact) mass is 325 g/mol. The molecule has 1 aromatic rings. The van der Waals surface area contributed by atoms with Crippen molar-refractivity contribution in [3.05, 3.63) is 30.3 Å². The van der Waals surface area contributed by atoms with Crippen molar-refractivity contribution in [3.63, 3.8) is 0 Å². The number of piperidine rings is 1. The van der Waals surface area contributed by atoms with Gasteiger partial charge in [0, 0.05) is 0 Å². The van der Waals surface area contributed by atoms with E-state index in [2.05, 4.69) is 29.2 Å². The zero-order valence-corrected chi connectivity index (χ0v) is 12.9. The van der Waals surface area contributed by atoms with E-state index in [0.717, 1.165) is 19.5 Å². The second kappa shape index (κ2) is 5.28. The van der Waals surface area contributed by atoms with Crippen LogP contribution in [0.5, 0.6) is 0 Å². The van der Waals surface area contributed by atoms with E-state index in [1.54, 1.807) is 0 Å². The van der Waals surface area contributed by atoms with Gasteiger partial charge in [-0.3, -0.25) is 0 Å². The minimum absolute atomic E-state index is 0.00652. The van der Waals surface area contributed by atoms with E-state index in [0.29, 0.717) is 5.92 Å². The van der Waals surface area contributed by atoms with E-state index in [4.69, 9.17) is 4.74 Å². The fraction of sp³-hybridized carbons (Fsp3) is 0.533. The van der Waals surface area contributed by atoms with Crippen LogP contribution in [0.25, 0.3) is 0 Å². The SMILES string of the molecule is COC(=O)C1([Se]c2ccccc2)CC2CCN(C2)C1. The van der Waals surface area contributed by atoms with Crippen LogP contribution in [0.2, 0.25) is 4.31 Å². The molecule has 4 heteroatoms. The number of rotatable bonds is 3. The normalized spacial score (nSPS) is 33.1. The summed E-state index contributed by atoms with van der Waals surface area (Å²) in [6, 6.07) is 10.4. The molecule has 1 aromatic carbocycles. The summed E-state index contributed by atoms with van der Waals surface area (Å²) in [7, 11) is 1.52. The van der Waals surface area contributed by atoms with Crippen LogP contribution in [0.15, 0.2) is 30.3 Å². The molecule has 0 N–H and O–H groups in total. The predicted octanol–water partition coefficient (Wildman–Crippen LogP) is 1.07. The van der Waals surface area contributed by atoms with Crippen molar-refractivity contribution in [2.24, 2.45) is 5.92 Å². The Hall–Kier alpha value is -0.831. The molecular formula is C15H19NO2Se. The molecule has 3 unspecified atom stereocenters. The van der Waals surface area contributed by atoms with Crippen LogP contribution in [0.3, 0.4) is 0 Å². The molecule has 0 radical (unpaired) electrons. The number of esters is 1. The zero-order valence-electron chi connectivity index (χ0n) is 11.2. The number of nitrogens with zero attached hydrogens (tertiary/aromatic N) is 1. The molecule has 2 aliphatic rings. The Morgan fingerprint density at radius 3 is 2.89 bits per heavy atom. The van der Waals surface area contributed by atoms with E-state index >= 15 is 0 Å². The number of hydrogen-bond acceptors (Lipinski definition) is 3. The van der Waals surface area contributed by atoms with Crippen LogP contribution in [0.1, 0.15) is 12.8 Å². The van der Waals surface area contributed by atoms with Gasteiger partial charge in [0.05, 0.1) is 0 Å². The van der Waals surface area contributed by atoms with E-state index in [1.807, 2.05) is 6.07 Å². The molecule has 3 nitrogen and oxygen atoms in total. The Kier molecular flexibility index (Phi) is 3.66. The van der Waals surface area contributed by atoms with Crippen molar-refractivity contribution < 1.29 is 9.53 Å². The van der Waals surface area contributed by atoms with Crippen LogP contribution < -0.4 is 4.46 Å². The Labute approximate surface area is 120 Å². The molecule has 0 amide bonds. The maximum absolute atomic E-state index is 12.4. The molecule has 0 aromatic heterocycles. The van der Waals surface area contributed by atoms with Gasteiger partial charge in [-0.1, -0.05) is 0 Å². The molecule has 3 rings (SSSR count). The number of carbonyl (C=O) groups excluding carboxylic acids is 1. The van der Waals surface area contributed by atoms with Gasteiger partial charge in [-0.25, -0.2) is 0 Å². The number of benzene rings is 1. The van der Waals surface area contributed by atoms with Crippen LogP contribution in [-0.4, -0.2) is 52.6 Å². The summed E-state index contributed by atoms with van der Waals surface area (Å²) in [5, 5.41) is 0. The standard InChI is InChI=1S/C15H19NO2Se/c1-18-14(17)15(19-13-5-3-2-4-6-13)9-12-7-8-16(10-12)11-15/h2-6,12H,7-11H2,1H3. The molecule has 102 valence electrons. The van der Waals surface area contributed by atoms with E-state index in [9.17, 15) is 4.79 Å². The molecule has 2 bridgehead atoms. The van der Waals surface area contributed by atoms with Gasteiger partial charge in [0.2, 0.25) is 0 Å². The molecule has 2 heterocycles. The van der Waals surface area contributed by atoms with Crippen molar-refractivity contribution >= 4 is 25.4 Å². The fourth-order valence-corrected chi connectivity index (χ4v) is 6.38. The number of fused-ring (bicyclic) bond motifs is 2. The summed E-state index contributed by atoms with van der Waals surface area (Å²) in [4.78, 5) is 14.8. The third kappa shape index (κ3) is 2.58. The van der Waals surface area contributed by atoms with Crippen molar-refractivity contribution in [2.75, 3.05) is 26.7 Å². The first-order valence-corrected chi connectivity index (χ1v) is 8.48. The van der Waals surface area contributed by atoms with Gasteiger partial charge < -0.3 is 0 Å². The minimum atomic E-state index is -0.275. The molecule has 0 aliphatic carbocycles. The second-order valence-electron chi connectivity index (χ2n) is 5.49. The van der Waals surface area contributed by atoms with Gasteiger partial charge in [-0.15, -0.1) is 0 Å². The van der Waals surface area contributed by atoms with Crippen LogP contribution >= 0.6 is 0 Å². The summed E-state index contributed by atoms with van der Waals surface area (Å²) < 4.78 is 6.16. The summed E-state index contributed by atoms with van der Waals surface area (Å²) in [6.07, 6.45) is 2.24. The van der Waals surface area contributed by atoms with Gasteiger partial charge in [0.1, 0.15) is 0 Å². The van der Waals surface area contributed by atoms with Crippen LogP contribution in [0.4, 0.5) is 0 Å². The first-order chi connectivity index (χ1) is 9.22. The summed E-state index contributed by atoms with van der Waals surface area (Å²) >= 11 is 0.141. The molecule has 19 heavy (non-hydrogen) atoms. The van der Waals surface area contributed by atoms with Crippen molar-refractivity contribution in [2.45, 2.75) is 17.2 Å². The van der Waals surface area contributed by atoms with Gasteiger partial charge in [0.25, 0.3) is 0 Å². The molecule has 3 atom stereocenters. The summed E-state index contributed by atoms with van der Waals surface area (Å²) in [5.74, 6) is 0.673. The molecule has 2 fully saturated rings. The van der Waals surface area contributed by atoms with Crippen LogP contribution in [-0.2, 0) is 9.53 Å². The quantitative estimate of drug-likeness (QED) is 0.615. The fourth-order valence-electron chi connectivity index (χ4n) is 3.28. The molecule has 0 saturated carbocycles. The first-order valence-electron chi connectivity index (χ1n) is 6.77. The van der Waals surface area contributed by atoms with Gasteiger partial charge in [-0.2, -0.15) is 0 Å². The van der Waals surface area contributed by atoms with E-state index in [1.165, 1.54) is 24.5 Å². The average Bonchev–Trinajstić information content (AvgIpc) is 2.78. The van der Waals surface area contributed by atoms with Crippen LogP contribution in [0, 0.1) is 5.92 Å². The van der Waals surface area contributed by atoms with Crippen molar-refractivity contribution in [1.29, 1.82) is 0 Å². The number of hydrogen-bond donors (Lipinski definition) is 0. The Balaban J connectivity index is 1.87. The van der Waals surface area contributed by atoms with Gasteiger partial charge in [0.15, 0.2) is 0 Å². The zero-order chi connectivity index (χ0) is 13.3. The van der Waals surface area contributed by atoms with E-state index in [-0.39, 0.29) is 25.2 Å². The molecule has 2 aliphatic heterocycles. The Morgan fingerprint density at radius 1 is 1.42 bits per heavy atom. The third-order valence-electron chi connectivity index (χ3n) is 4.08. The van der Waals surface area contributed by atoms with E-state index < -0.39 is 0 Å².